The second kappa shape index (κ2) is 4.78. The number of anilines is 1. The lowest BCUT2D eigenvalue weighted by molar-refractivity contribution is -0.141. The Morgan fingerprint density at radius 3 is 2.76 bits per heavy atom. The third kappa shape index (κ3) is 2.14. The first kappa shape index (κ1) is 12.0. The van der Waals surface area contributed by atoms with Crippen LogP contribution < -0.4 is 4.90 Å². The second-order valence-electron chi connectivity index (χ2n) is 4.65. The average Bonchev–Trinajstić information content (AvgIpc) is 2.71. The number of rotatable bonds is 3. The van der Waals surface area contributed by atoms with E-state index in [-0.39, 0.29) is 12.0 Å². The van der Waals surface area contributed by atoms with E-state index in [9.17, 15) is 4.79 Å². The molecule has 0 amide bonds. The summed E-state index contributed by atoms with van der Waals surface area (Å²) in [5, 5.41) is 9.15. The van der Waals surface area contributed by atoms with Crippen LogP contribution >= 0.6 is 0 Å². The molecule has 2 atom stereocenters. The number of nitrogens with zero attached hydrogens (tertiary/aromatic N) is 1. The highest BCUT2D eigenvalue weighted by Gasteiger charge is 2.36. The highest BCUT2D eigenvalue weighted by atomic mass is 16.4. The largest absolute Gasteiger partial charge is 0.481 e. The molecule has 0 spiro atoms. The summed E-state index contributed by atoms with van der Waals surface area (Å²) in [5.74, 6) is -0.908. The smallest absolute Gasteiger partial charge is 0.308 e. The van der Waals surface area contributed by atoms with Gasteiger partial charge in [0, 0.05) is 18.3 Å². The molecule has 1 heterocycles. The average molecular weight is 233 g/mol. The minimum atomic E-state index is -0.672. The molecule has 0 aromatic heterocycles. The fraction of sp³-hybridized carbons (Fsp3) is 0.500. The van der Waals surface area contributed by atoms with E-state index in [1.807, 2.05) is 19.1 Å². The van der Waals surface area contributed by atoms with Crippen molar-refractivity contribution >= 4 is 11.7 Å². The van der Waals surface area contributed by atoms with Gasteiger partial charge in [-0.2, -0.15) is 0 Å². The molecule has 2 unspecified atom stereocenters. The topological polar surface area (TPSA) is 40.5 Å². The number of hydrogen-bond donors (Lipinski definition) is 1. The van der Waals surface area contributed by atoms with Crippen LogP contribution in [0.1, 0.15) is 25.8 Å². The van der Waals surface area contributed by atoms with Gasteiger partial charge in [0.1, 0.15) is 0 Å². The van der Waals surface area contributed by atoms with Gasteiger partial charge in [-0.15, -0.1) is 0 Å². The first-order chi connectivity index (χ1) is 8.15. The Morgan fingerprint density at radius 2 is 2.18 bits per heavy atom. The molecule has 1 aliphatic heterocycles. The Bertz CT molecular complexity index is 416. The Labute approximate surface area is 102 Å². The third-order valence-electron chi connectivity index (χ3n) is 3.75. The van der Waals surface area contributed by atoms with Crippen molar-refractivity contribution in [1.82, 2.24) is 0 Å². The summed E-state index contributed by atoms with van der Waals surface area (Å²) in [7, 11) is 0. The second-order valence-corrected chi connectivity index (χ2v) is 4.65. The Balaban J connectivity index is 2.27. The van der Waals surface area contributed by atoms with Crippen LogP contribution in [0.15, 0.2) is 24.3 Å². The molecule has 0 bridgehead atoms. The quantitative estimate of drug-likeness (QED) is 0.872. The molecule has 1 fully saturated rings. The lowest BCUT2D eigenvalue weighted by Crippen LogP contribution is -2.33. The first-order valence-corrected chi connectivity index (χ1v) is 6.22. The van der Waals surface area contributed by atoms with Gasteiger partial charge < -0.3 is 10.0 Å². The summed E-state index contributed by atoms with van der Waals surface area (Å²) in [6.07, 6.45) is 1.73. The molecule has 0 aliphatic carbocycles. The molecule has 1 aromatic carbocycles. The Morgan fingerprint density at radius 1 is 1.47 bits per heavy atom. The zero-order chi connectivity index (χ0) is 12.4. The standard InChI is InChI=1S/C14H19NO2/c1-3-11-6-4-5-7-13(11)15-9-8-12(10(15)2)14(16)17/h4-7,10,12H,3,8-9H2,1-2H3,(H,16,17). The van der Waals surface area contributed by atoms with E-state index < -0.39 is 5.97 Å². The molecule has 3 heteroatoms. The molecular formula is C14H19NO2. The van der Waals surface area contributed by atoms with E-state index in [0.717, 1.165) is 19.4 Å². The van der Waals surface area contributed by atoms with Gasteiger partial charge in [-0.05, 0) is 31.4 Å². The molecule has 1 saturated heterocycles. The predicted octanol–water partition coefficient (Wildman–Crippen LogP) is 2.55. The van der Waals surface area contributed by atoms with Crippen LogP contribution in [-0.2, 0) is 11.2 Å². The van der Waals surface area contributed by atoms with Crippen LogP contribution in [0.5, 0.6) is 0 Å². The number of aliphatic carboxylic acids is 1. The predicted molar refractivity (Wildman–Crippen MR) is 68.4 cm³/mol. The van der Waals surface area contributed by atoms with Gasteiger partial charge in [0.25, 0.3) is 0 Å². The summed E-state index contributed by atoms with van der Waals surface area (Å²) in [6.45, 7) is 4.99. The van der Waals surface area contributed by atoms with E-state index in [2.05, 4.69) is 24.0 Å². The lowest BCUT2D eigenvalue weighted by Gasteiger charge is -2.27. The molecule has 17 heavy (non-hydrogen) atoms. The van der Waals surface area contributed by atoms with E-state index in [0.29, 0.717) is 0 Å². The SMILES string of the molecule is CCc1ccccc1N1CCC(C(=O)O)C1C. The molecule has 1 aromatic rings. The van der Waals surface area contributed by atoms with Crippen molar-refractivity contribution in [3.8, 4) is 0 Å². The number of benzene rings is 1. The van der Waals surface area contributed by atoms with Crippen molar-refractivity contribution in [3.05, 3.63) is 29.8 Å². The maximum Gasteiger partial charge on any atom is 0.308 e. The number of carboxylic acids is 1. The summed E-state index contributed by atoms with van der Waals surface area (Å²) in [5.41, 5.74) is 2.50. The number of hydrogen-bond acceptors (Lipinski definition) is 2. The lowest BCUT2D eigenvalue weighted by atomic mass is 10.0. The van der Waals surface area contributed by atoms with Gasteiger partial charge in [0.15, 0.2) is 0 Å². The summed E-state index contributed by atoms with van der Waals surface area (Å²) < 4.78 is 0. The normalized spacial score (nSPS) is 24.0. The van der Waals surface area contributed by atoms with Crippen LogP contribution in [0.25, 0.3) is 0 Å². The number of carboxylic acid groups (broad SMARTS) is 1. The van der Waals surface area contributed by atoms with Crippen LogP contribution in [0.3, 0.4) is 0 Å². The summed E-state index contributed by atoms with van der Waals surface area (Å²) in [6, 6.07) is 8.36. The van der Waals surface area contributed by atoms with Crippen molar-refractivity contribution in [2.24, 2.45) is 5.92 Å². The molecular weight excluding hydrogens is 214 g/mol. The van der Waals surface area contributed by atoms with Gasteiger partial charge in [0.2, 0.25) is 0 Å². The highest BCUT2D eigenvalue weighted by molar-refractivity contribution is 5.73. The van der Waals surface area contributed by atoms with E-state index in [1.165, 1.54) is 11.3 Å². The van der Waals surface area contributed by atoms with E-state index in [1.54, 1.807) is 0 Å². The molecule has 0 saturated carbocycles. The fourth-order valence-corrected chi connectivity index (χ4v) is 2.70. The van der Waals surface area contributed by atoms with Gasteiger partial charge in [-0.25, -0.2) is 0 Å². The zero-order valence-corrected chi connectivity index (χ0v) is 10.4. The van der Waals surface area contributed by atoms with E-state index >= 15 is 0 Å². The van der Waals surface area contributed by atoms with Gasteiger partial charge in [-0.3, -0.25) is 4.79 Å². The summed E-state index contributed by atoms with van der Waals surface area (Å²) in [4.78, 5) is 13.4. The zero-order valence-electron chi connectivity index (χ0n) is 10.4. The first-order valence-electron chi connectivity index (χ1n) is 6.22. The summed E-state index contributed by atoms with van der Waals surface area (Å²) >= 11 is 0. The van der Waals surface area contributed by atoms with Crippen molar-refractivity contribution in [2.75, 3.05) is 11.4 Å². The Hall–Kier alpha value is -1.51. The minimum absolute atomic E-state index is 0.0835. The molecule has 1 N–H and O–H groups in total. The van der Waals surface area contributed by atoms with Crippen LogP contribution in [0.2, 0.25) is 0 Å². The third-order valence-corrected chi connectivity index (χ3v) is 3.75. The van der Waals surface area contributed by atoms with Crippen molar-refractivity contribution in [2.45, 2.75) is 32.7 Å². The molecule has 92 valence electrons. The van der Waals surface area contributed by atoms with Gasteiger partial charge >= 0.3 is 5.97 Å². The van der Waals surface area contributed by atoms with Crippen LogP contribution in [0.4, 0.5) is 5.69 Å². The molecule has 2 rings (SSSR count). The number of aryl methyl sites for hydroxylation is 1. The molecule has 0 radical (unpaired) electrons. The van der Waals surface area contributed by atoms with Gasteiger partial charge in [-0.1, -0.05) is 25.1 Å². The minimum Gasteiger partial charge on any atom is -0.481 e. The molecule has 3 nitrogen and oxygen atoms in total. The number of para-hydroxylation sites is 1. The maximum absolute atomic E-state index is 11.1. The Kier molecular flexibility index (Phi) is 3.36. The monoisotopic (exact) mass is 233 g/mol. The fourth-order valence-electron chi connectivity index (χ4n) is 2.70. The van der Waals surface area contributed by atoms with Crippen molar-refractivity contribution in [1.29, 1.82) is 0 Å². The van der Waals surface area contributed by atoms with Crippen LogP contribution in [-0.4, -0.2) is 23.7 Å². The highest BCUT2D eigenvalue weighted by Crippen LogP contribution is 2.32. The molecule has 1 aliphatic rings. The number of carbonyl (C=O) groups is 1. The van der Waals surface area contributed by atoms with Crippen LogP contribution in [0, 0.1) is 5.92 Å². The van der Waals surface area contributed by atoms with Gasteiger partial charge in [0.05, 0.1) is 5.92 Å². The maximum atomic E-state index is 11.1. The van der Waals surface area contributed by atoms with Crippen molar-refractivity contribution < 1.29 is 9.90 Å². The van der Waals surface area contributed by atoms with Crippen molar-refractivity contribution in [3.63, 3.8) is 0 Å². The van der Waals surface area contributed by atoms with E-state index in [4.69, 9.17) is 5.11 Å².